The van der Waals surface area contributed by atoms with Crippen molar-refractivity contribution in [1.29, 1.82) is 0 Å². The highest BCUT2D eigenvalue weighted by Gasteiger charge is 2.32. The van der Waals surface area contributed by atoms with Crippen molar-refractivity contribution in [3.05, 3.63) is 42.2 Å². The van der Waals surface area contributed by atoms with Crippen molar-refractivity contribution in [3.8, 4) is 11.4 Å². The van der Waals surface area contributed by atoms with Crippen LogP contribution in [0.2, 0.25) is 0 Å². The van der Waals surface area contributed by atoms with Gasteiger partial charge in [-0.2, -0.15) is 5.10 Å². The summed E-state index contributed by atoms with van der Waals surface area (Å²) in [4.78, 5) is 19.5. The SMILES string of the molecule is CCNC(=NCc1ccn(-c2ccc(OC)cc2)n1)NC1CCN(C(=O)C2CCCC2)C1.I. The van der Waals surface area contributed by atoms with Crippen molar-refractivity contribution < 1.29 is 9.53 Å². The predicted molar refractivity (Wildman–Crippen MR) is 140 cm³/mol. The fourth-order valence-electron chi connectivity index (χ4n) is 4.51. The number of likely N-dealkylation sites (tertiary alicyclic amines) is 1. The van der Waals surface area contributed by atoms with Gasteiger partial charge in [-0.15, -0.1) is 24.0 Å². The molecule has 1 atom stereocenters. The van der Waals surface area contributed by atoms with Gasteiger partial charge in [0.05, 0.1) is 25.0 Å². The maximum Gasteiger partial charge on any atom is 0.225 e. The lowest BCUT2D eigenvalue weighted by atomic mass is 10.1. The third kappa shape index (κ3) is 6.61. The lowest BCUT2D eigenvalue weighted by Gasteiger charge is -2.21. The molecule has 0 radical (unpaired) electrons. The molecule has 1 aliphatic heterocycles. The van der Waals surface area contributed by atoms with Crippen LogP contribution in [0, 0.1) is 5.92 Å². The number of benzene rings is 1. The second kappa shape index (κ2) is 12.2. The number of rotatable bonds is 7. The summed E-state index contributed by atoms with van der Waals surface area (Å²) < 4.78 is 7.06. The maximum atomic E-state index is 12.7. The van der Waals surface area contributed by atoms with Gasteiger partial charge in [0.1, 0.15) is 5.75 Å². The average molecular weight is 566 g/mol. The number of hydrogen-bond acceptors (Lipinski definition) is 4. The zero-order valence-electron chi connectivity index (χ0n) is 19.5. The molecule has 1 amide bonds. The molecule has 1 aliphatic carbocycles. The molecule has 1 saturated carbocycles. The molecule has 180 valence electrons. The molecule has 1 unspecified atom stereocenters. The molecule has 0 spiro atoms. The minimum atomic E-state index is 0. The summed E-state index contributed by atoms with van der Waals surface area (Å²) in [6.07, 6.45) is 7.39. The summed E-state index contributed by atoms with van der Waals surface area (Å²) in [6, 6.07) is 10.0. The molecule has 8 nitrogen and oxygen atoms in total. The van der Waals surface area contributed by atoms with Gasteiger partial charge in [-0.25, -0.2) is 9.67 Å². The molecule has 2 fully saturated rings. The van der Waals surface area contributed by atoms with E-state index >= 15 is 0 Å². The first kappa shape index (κ1) is 25.3. The number of hydrogen-bond donors (Lipinski definition) is 2. The fourth-order valence-corrected chi connectivity index (χ4v) is 4.51. The molecule has 9 heteroatoms. The minimum absolute atomic E-state index is 0. The zero-order valence-corrected chi connectivity index (χ0v) is 21.8. The average Bonchev–Trinajstić information content (AvgIpc) is 3.59. The molecule has 2 N–H and O–H groups in total. The van der Waals surface area contributed by atoms with Crippen molar-refractivity contribution in [2.45, 2.75) is 51.6 Å². The van der Waals surface area contributed by atoms with Crippen molar-refractivity contribution in [2.75, 3.05) is 26.7 Å². The smallest absolute Gasteiger partial charge is 0.225 e. The van der Waals surface area contributed by atoms with Gasteiger partial charge >= 0.3 is 0 Å². The number of halogens is 1. The standard InChI is InChI=1S/C24H34N6O2.HI/c1-3-25-24(27-20-12-14-29(17-20)23(31)18-6-4-5-7-18)26-16-19-13-15-30(28-19)21-8-10-22(32-2)11-9-21;/h8-11,13,15,18,20H,3-7,12,14,16-17H2,1-2H3,(H2,25,26,27);1H. The first-order valence-electron chi connectivity index (χ1n) is 11.7. The van der Waals surface area contributed by atoms with Gasteiger partial charge in [0.2, 0.25) is 5.91 Å². The maximum absolute atomic E-state index is 12.7. The van der Waals surface area contributed by atoms with Gasteiger partial charge < -0.3 is 20.3 Å². The van der Waals surface area contributed by atoms with Crippen molar-refractivity contribution in [3.63, 3.8) is 0 Å². The largest absolute Gasteiger partial charge is 0.497 e. The third-order valence-electron chi connectivity index (χ3n) is 6.27. The summed E-state index contributed by atoms with van der Waals surface area (Å²) in [5.74, 6) is 2.18. The number of nitrogens with zero attached hydrogens (tertiary/aromatic N) is 4. The molecule has 2 aromatic rings. The topological polar surface area (TPSA) is 83.8 Å². The van der Waals surface area contributed by atoms with Gasteiger partial charge in [0, 0.05) is 37.8 Å². The molecular weight excluding hydrogens is 531 g/mol. The number of amides is 1. The van der Waals surface area contributed by atoms with E-state index in [-0.39, 0.29) is 35.9 Å². The van der Waals surface area contributed by atoms with Gasteiger partial charge in [-0.05, 0) is 56.5 Å². The highest BCUT2D eigenvalue weighted by Crippen LogP contribution is 2.27. The molecule has 2 heterocycles. The molecule has 4 rings (SSSR count). The quantitative estimate of drug-likeness (QED) is 0.305. The highest BCUT2D eigenvalue weighted by atomic mass is 127. The van der Waals surface area contributed by atoms with E-state index in [4.69, 9.17) is 9.73 Å². The number of carbonyl (C=O) groups is 1. The number of aromatic nitrogens is 2. The minimum Gasteiger partial charge on any atom is -0.497 e. The third-order valence-corrected chi connectivity index (χ3v) is 6.27. The Kier molecular flexibility index (Phi) is 9.40. The number of guanidine groups is 1. The van der Waals surface area contributed by atoms with Crippen LogP contribution < -0.4 is 15.4 Å². The van der Waals surface area contributed by atoms with Crippen molar-refractivity contribution >= 4 is 35.8 Å². The summed E-state index contributed by atoms with van der Waals surface area (Å²) >= 11 is 0. The van der Waals surface area contributed by atoms with E-state index in [1.54, 1.807) is 7.11 Å². The molecule has 1 aromatic heterocycles. The van der Waals surface area contributed by atoms with Crippen LogP contribution in [0.15, 0.2) is 41.5 Å². The van der Waals surface area contributed by atoms with Crippen LogP contribution in [0.1, 0.15) is 44.7 Å². The van der Waals surface area contributed by atoms with E-state index in [2.05, 4.69) is 22.7 Å². The van der Waals surface area contributed by atoms with Crippen LogP contribution in [-0.4, -0.2) is 59.3 Å². The van der Waals surface area contributed by atoms with Crippen molar-refractivity contribution in [1.82, 2.24) is 25.3 Å². The first-order chi connectivity index (χ1) is 15.7. The Morgan fingerprint density at radius 3 is 2.64 bits per heavy atom. The monoisotopic (exact) mass is 566 g/mol. The summed E-state index contributed by atoms with van der Waals surface area (Å²) in [5, 5.41) is 11.5. The van der Waals surface area contributed by atoms with Crippen LogP contribution in [0.25, 0.3) is 5.69 Å². The van der Waals surface area contributed by atoms with Crippen molar-refractivity contribution in [2.24, 2.45) is 10.9 Å². The van der Waals surface area contributed by atoms with Gasteiger partial charge in [0.25, 0.3) is 0 Å². The summed E-state index contributed by atoms with van der Waals surface area (Å²) in [7, 11) is 1.66. The predicted octanol–water partition coefficient (Wildman–Crippen LogP) is 3.35. The van der Waals surface area contributed by atoms with Gasteiger partial charge in [0.15, 0.2) is 5.96 Å². The highest BCUT2D eigenvalue weighted by molar-refractivity contribution is 14.0. The fraction of sp³-hybridized carbons (Fsp3) is 0.542. The molecule has 2 aliphatic rings. The molecule has 33 heavy (non-hydrogen) atoms. The zero-order chi connectivity index (χ0) is 22.3. The number of carbonyl (C=O) groups excluding carboxylic acids is 1. The Bertz CT molecular complexity index is 923. The molecular formula is C24H35IN6O2. The normalized spacial score (nSPS) is 18.8. The summed E-state index contributed by atoms with van der Waals surface area (Å²) in [6.45, 7) is 4.91. The Labute approximate surface area is 213 Å². The number of nitrogens with one attached hydrogen (secondary N) is 2. The van der Waals surface area contributed by atoms with Crippen LogP contribution in [-0.2, 0) is 11.3 Å². The van der Waals surface area contributed by atoms with Gasteiger partial charge in [-0.3, -0.25) is 4.79 Å². The molecule has 1 aromatic carbocycles. The van der Waals surface area contributed by atoms with Crippen LogP contribution in [0.5, 0.6) is 5.75 Å². The molecule has 0 bridgehead atoms. The number of ether oxygens (including phenoxy) is 1. The van der Waals surface area contributed by atoms with E-state index in [1.165, 1.54) is 12.8 Å². The van der Waals surface area contributed by atoms with Crippen LogP contribution in [0.4, 0.5) is 0 Å². The lowest BCUT2D eigenvalue weighted by Crippen LogP contribution is -2.45. The lowest BCUT2D eigenvalue weighted by molar-refractivity contribution is -0.134. The second-order valence-electron chi connectivity index (χ2n) is 8.54. The Balaban J connectivity index is 0.00000306. The van der Waals surface area contributed by atoms with Crippen LogP contribution in [0.3, 0.4) is 0 Å². The first-order valence-corrected chi connectivity index (χ1v) is 11.7. The molecule has 1 saturated heterocycles. The number of aliphatic imine (C=N–C) groups is 1. The van der Waals surface area contributed by atoms with E-state index in [0.29, 0.717) is 12.5 Å². The second-order valence-corrected chi connectivity index (χ2v) is 8.54. The summed E-state index contributed by atoms with van der Waals surface area (Å²) in [5.41, 5.74) is 1.87. The Morgan fingerprint density at radius 1 is 1.18 bits per heavy atom. The van der Waals surface area contributed by atoms with E-state index in [9.17, 15) is 4.79 Å². The number of methoxy groups -OCH3 is 1. The van der Waals surface area contributed by atoms with Gasteiger partial charge in [-0.1, -0.05) is 12.8 Å². The van der Waals surface area contributed by atoms with E-state index < -0.39 is 0 Å². The Morgan fingerprint density at radius 2 is 1.94 bits per heavy atom. The van der Waals surface area contributed by atoms with E-state index in [0.717, 1.165) is 62.0 Å². The Hall–Kier alpha value is -2.30. The van der Waals surface area contributed by atoms with E-state index in [1.807, 2.05) is 46.1 Å². The van der Waals surface area contributed by atoms with Crippen LogP contribution >= 0.6 is 24.0 Å².